The number of hydrogen-bond acceptors (Lipinski definition) is 3. The van der Waals surface area contributed by atoms with Crippen molar-refractivity contribution in [2.45, 2.75) is 53.0 Å². The summed E-state index contributed by atoms with van der Waals surface area (Å²) in [5.74, 6) is 0.284. The standard InChI is InChI=1S/C15H25N3O2/c1-4-7-10-18-14(19)9-8-13(17-18)15(20)16-11-12(5-2)6-3/h8-9,12H,4-7,10-11H2,1-3H3,(H,16,20). The zero-order chi connectivity index (χ0) is 15.0. The summed E-state index contributed by atoms with van der Waals surface area (Å²) in [5, 5.41) is 7.02. The van der Waals surface area contributed by atoms with Gasteiger partial charge in [-0.15, -0.1) is 0 Å². The van der Waals surface area contributed by atoms with Crippen LogP contribution in [0, 0.1) is 5.92 Å². The average Bonchev–Trinajstić information content (AvgIpc) is 2.47. The molecule has 1 heterocycles. The van der Waals surface area contributed by atoms with Crippen molar-refractivity contribution in [1.82, 2.24) is 15.1 Å². The fraction of sp³-hybridized carbons (Fsp3) is 0.667. The number of rotatable bonds is 8. The van der Waals surface area contributed by atoms with E-state index >= 15 is 0 Å². The maximum atomic E-state index is 12.0. The maximum Gasteiger partial charge on any atom is 0.271 e. The number of unbranched alkanes of at least 4 members (excludes halogenated alkanes) is 1. The van der Waals surface area contributed by atoms with Gasteiger partial charge in [-0.25, -0.2) is 4.68 Å². The van der Waals surface area contributed by atoms with Crippen LogP contribution in [0.4, 0.5) is 0 Å². The SMILES string of the molecule is CCCCn1nc(C(=O)NCC(CC)CC)ccc1=O. The number of carbonyl (C=O) groups is 1. The van der Waals surface area contributed by atoms with Crippen LogP contribution in [0.15, 0.2) is 16.9 Å². The average molecular weight is 279 g/mol. The van der Waals surface area contributed by atoms with E-state index in [1.165, 1.54) is 16.8 Å². The zero-order valence-corrected chi connectivity index (χ0v) is 12.7. The van der Waals surface area contributed by atoms with Crippen molar-refractivity contribution >= 4 is 5.91 Å². The predicted octanol–water partition coefficient (Wildman–Crippen LogP) is 2.21. The molecule has 0 aromatic carbocycles. The topological polar surface area (TPSA) is 64.0 Å². The van der Waals surface area contributed by atoms with Crippen LogP contribution in [0.5, 0.6) is 0 Å². The lowest BCUT2D eigenvalue weighted by molar-refractivity contribution is 0.0938. The number of nitrogens with one attached hydrogen (secondary N) is 1. The number of aryl methyl sites for hydroxylation is 1. The van der Waals surface area contributed by atoms with Crippen molar-refractivity contribution in [1.29, 1.82) is 0 Å². The first-order valence-electron chi connectivity index (χ1n) is 7.48. The normalized spacial score (nSPS) is 10.8. The maximum absolute atomic E-state index is 12.0. The fourth-order valence-corrected chi connectivity index (χ4v) is 1.94. The summed E-state index contributed by atoms with van der Waals surface area (Å²) in [6, 6.07) is 2.90. The molecule has 5 heteroatoms. The van der Waals surface area contributed by atoms with Crippen LogP contribution in [0.3, 0.4) is 0 Å². The summed E-state index contributed by atoms with van der Waals surface area (Å²) in [7, 11) is 0. The van der Waals surface area contributed by atoms with Gasteiger partial charge in [-0.2, -0.15) is 5.10 Å². The number of hydrogen-bond donors (Lipinski definition) is 1. The fourth-order valence-electron chi connectivity index (χ4n) is 1.94. The van der Waals surface area contributed by atoms with Crippen LogP contribution >= 0.6 is 0 Å². The van der Waals surface area contributed by atoms with Gasteiger partial charge in [-0.3, -0.25) is 9.59 Å². The molecule has 0 spiro atoms. The van der Waals surface area contributed by atoms with E-state index in [2.05, 4.69) is 31.2 Å². The third kappa shape index (κ3) is 4.79. The van der Waals surface area contributed by atoms with Gasteiger partial charge in [0.05, 0.1) is 0 Å². The van der Waals surface area contributed by atoms with Crippen LogP contribution in [0.1, 0.15) is 56.9 Å². The smallest absolute Gasteiger partial charge is 0.271 e. The Kier molecular flexibility index (Phi) is 6.98. The van der Waals surface area contributed by atoms with Crippen molar-refractivity contribution in [3.63, 3.8) is 0 Å². The van der Waals surface area contributed by atoms with Gasteiger partial charge in [0.2, 0.25) is 0 Å². The highest BCUT2D eigenvalue weighted by molar-refractivity contribution is 5.91. The lowest BCUT2D eigenvalue weighted by atomic mass is 10.0. The molecule has 1 aromatic heterocycles. The van der Waals surface area contributed by atoms with Gasteiger partial charge in [-0.1, -0.05) is 40.0 Å². The molecular formula is C15H25N3O2. The molecule has 0 atom stereocenters. The molecule has 1 rings (SSSR count). The summed E-state index contributed by atoms with van der Waals surface area (Å²) in [5.41, 5.74) is 0.154. The van der Waals surface area contributed by atoms with E-state index < -0.39 is 0 Å². The van der Waals surface area contributed by atoms with Crippen LogP contribution in [-0.2, 0) is 6.54 Å². The quantitative estimate of drug-likeness (QED) is 0.793. The first-order chi connectivity index (χ1) is 9.62. The molecular weight excluding hydrogens is 254 g/mol. The Bertz CT molecular complexity index is 478. The van der Waals surface area contributed by atoms with Crippen molar-refractivity contribution in [3.05, 3.63) is 28.2 Å². The Labute approximate surface area is 120 Å². The van der Waals surface area contributed by atoms with E-state index in [9.17, 15) is 9.59 Å². The Morgan fingerprint density at radius 2 is 2.00 bits per heavy atom. The molecule has 0 aliphatic heterocycles. The van der Waals surface area contributed by atoms with E-state index in [-0.39, 0.29) is 11.5 Å². The Hall–Kier alpha value is -1.65. The summed E-state index contributed by atoms with van der Waals surface area (Å²) in [6.45, 7) is 7.49. The third-order valence-electron chi connectivity index (χ3n) is 3.53. The summed E-state index contributed by atoms with van der Waals surface area (Å²) < 4.78 is 1.37. The molecule has 5 nitrogen and oxygen atoms in total. The van der Waals surface area contributed by atoms with Gasteiger partial charge in [0.1, 0.15) is 5.69 Å². The highest BCUT2D eigenvalue weighted by atomic mass is 16.2. The van der Waals surface area contributed by atoms with Gasteiger partial charge < -0.3 is 5.32 Å². The Morgan fingerprint density at radius 1 is 1.30 bits per heavy atom. The van der Waals surface area contributed by atoms with Crippen LogP contribution in [0.25, 0.3) is 0 Å². The minimum atomic E-state index is -0.206. The van der Waals surface area contributed by atoms with Crippen molar-refractivity contribution in [2.24, 2.45) is 5.92 Å². The molecule has 20 heavy (non-hydrogen) atoms. The Morgan fingerprint density at radius 3 is 2.60 bits per heavy atom. The van der Waals surface area contributed by atoms with Crippen molar-refractivity contribution in [2.75, 3.05) is 6.54 Å². The second-order valence-electron chi connectivity index (χ2n) is 5.03. The van der Waals surface area contributed by atoms with Gasteiger partial charge in [0.15, 0.2) is 0 Å². The molecule has 0 aliphatic rings. The van der Waals surface area contributed by atoms with Gasteiger partial charge in [0, 0.05) is 19.2 Å². The molecule has 0 unspecified atom stereocenters. The molecule has 0 saturated heterocycles. The van der Waals surface area contributed by atoms with Crippen LogP contribution in [-0.4, -0.2) is 22.2 Å². The number of carbonyl (C=O) groups excluding carboxylic acids is 1. The summed E-state index contributed by atoms with van der Waals surface area (Å²) >= 11 is 0. The van der Waals surface area contributed by atoms with Gasteiger partial charge in [0.25, 0.3) is 11.5 Å². The summed E-state index contributed by atoms with van der Waals surface area (Å²) in [4.78, 5) is 23.7. The van der Waals surface area contributed by atoms with E-state index in [0.717, 1.165) is 25.7 Å². The predicted molar refractivity (Wildman–Crippen MR) is 79.8 cm³/mol. The first kappa shape index (κ1) is 16.4. The molecule has 1 amide bonds. The largest absolute Gasteiger partial charge is 0.350 e. The molecule has 0 fully saturated rings. The molecule has 0 saturated carbocycles. The highest BCUT2D eigenvalue weighted by Crippen LogP contribution is 2.05. The van der Waals surface area contributed by atoms with Crippen LogP contribution < -0.4 is 10.9 Å². The molecule has 1 N–H and O–H groups in total. The second kappa shape index (κ2) is 8.51. The minimum absolute atomic E-state index is 0.157. The molecule has 0 bridgehead atoms. The molecule has 0 radical (unpaired) electrons. The lowest BCUT2D eigenvalue weighted by Crippen LogP contribution is -2.32. The van der Waals surface area contributed by atoms with E-state index in [0.29, 0.717) is 24.7 Å². The Balaban J connectivity index is 2.70. The third-order valence-corrected chi connectivity index (χ3v) is 3.53. The van der Waals surface area contributed by atoms with E-state index in [1.54, 1.807) is 0 Å². The summed E-state index contributed by atoms with van der Waals surface area (Å²) in [6.07, 6.45) is 3.95. The van der Waals surface area contributed by atoms with Gasteiger partial charge in [-0.05, 0) is 18.4 Å². The highest BCUT2D eigenvalue weighted by Gasteiger charge is 2.11. The first-order valence-corrected chi connectivity index (χ1v) is 7.48. The monoisotopic (exact) mass is 279 g/mol. The van der Waals surface area contributed by atoms with Crippen molar-refractivity contribution < 1.29 is 4.79 Å². The van der Waals surface area contributed by atoms with E-state index in [1.807, 2.05) is 0 Å². The molecule has 0 aliphatic carbocycles. The zero-order valence-electron chi connectivity index (χ0n) is 12.7. The van der Waals surface area contributed by atoms with Crippen LogP contribution in [0.2, 0.25) is 0 Å². The number of aromatic nitrogens is 2. The number of nitrogens with zero attached hydrogens (tertiary/aromatic N) is 2. The molecule has 1 aromatic rings. The minimum Gasteiger partial charge on any atom is -0.350 e. The lowest BCUT2D eigenvalue weighted by Gasteiger charge is -2.13. The van der Waals surface area contributed by atoms with Gasteiger partial charge >= 0.3 is 0 Å². The number of amides is 1. The van der Waals surface area contributed by atoms with Crippen molar-refractivity contribution in [3.8, 4) is 0 Å². The molecule has 112 valence electrons. The van der Waals surface area contributed by atoms with E-state index in [4.69, 9.17) is 0 Å². The second-order valence-corrected chi connectivity index (χ2v) is 5.03.